The Hall–Kier alpha value is -2.96. The van der Waals surface area contributed by atoms with E-state index in [2.05, 4.69) is 21.5 Å². The van der Waals surface area contributed by atoms with E-state index in [9.17, 15) is 9.59 Å². The lowest BCUT2D eigenvalue weighted by Crippen LogP contribution is -2.32. The van der Waals surface area contributed by atoms with Crippen molar-refractivity contribution in [3.05, 3.63) is 53.5 Å². The average Bonchev–Trinajstić information content (AvgIpc) is 3.19. The predicted octanol–water partition coefficient (Wildman–Crippen LogP) is 2.67. The monoisotopic (exact) mass is 368 g/mol. The third kappa shape index (κ3) is 4.42. The summed E-state index contributed by atoms with van der Waals surface area (Å²) in [4.78, 5) is 26.9. The van der Waals surface area contributed by atoms with E-state index >= 15 is 0 Å². The lowest BCUT2D eigenvalue weighted by atomic mass is 9.96. The minimum Gasteiger partial charge on any atom is -0.481 e. The van der Waals surface area contributed by atoms with Crippen molar-refractivity contribution in [3.8, 4) is 5.82 Å². The number of carboxylic acids is 1. The van der Waals surface area contributed by atoms with Crippen LogP contribution in [0.1, 0.15) is 48.6 Å². The van der Waals surface area contributed by atoms with Crippen LogP contribution in [0.3, 0.4) is 0 Å². The van der Waals surface area contributed by atoms with Crippen LogP contribution in [0.25, 0.3) is 5.82 Å². The van der Waals surface area contributed by atoms with Crippen molar-refractivity contribution in [3.63, 3.8) is 0 Å². The van der Waals surface area contributed by atoms with Gasteiger partial charge in [-0.2, -0.15) is 5.10 Å². The summed E-state index contributed by atoms with van der Waals surface area (Å²) in [6.07, 6.45) is 7.25. The molecule has 2 atom stereocenters. The van der Waals surface area contributed by atoms with E-state index in [0.717, 1.165) is 23.6 Å². The Bertz CT molecular complexity index is 858. The van der Waals surface area contributed by atoms with Gasteiger partial charge < -0.3 is 10.4 Å². The lowest BCUT2D eigenvalue weighted by Gasteiger charge is -2.14. The van der Waals surface area contributed by atoms with E-state index in [1.165, 1.54) is 5.56 Å². The molecule has 0 aliphatic heterocycles. The van der Waals surface area contributed by atoms with Crippen molar-refractivity contribution in [2.45, 2.75) is 51.5 Å². The minimum atomic E-state index is -0.875. The fourth-order valence-electron chi connectivity index (χ4n) is 3.59. The highest BCUT2D eigenvalue weighted by molar-refractivity contribution is 5.77. The molecule has 1 aliphatic rings. The number of carbonyl (C=O) groups is 2. The quantitative estimate of drug-likeness (QED) is 0.732. The standard InChI is InChI=1S/C20H24N4O3/c1-13-20(14(2)24(23-13)17-6-3-4-11-21-17)15-9-10-16(12-15)22-18(25)7-5-8-19(26)27/h3-4,6,9-11,15-16H,5,7-8,12H2,1-2H3,(H,22,25)(H,26,27)/t15-,16-/m1/s1. The van der Waals surface area contributed by atoms with Crippen molar-refractivity contribution in [1.29, 1.82) is 0 Å². The Balaban J connectivity index is 1.64. The van der Waals surface area contributed by atoms with E-state index < -0.39 is 5.97 Å². The molecule has 0 fully saturated rings. The second-order valence-electron chi connectivity index (χ2n) is 6.83. The third-order valence-electron chi connectivity index (χ3n) is 4.81. The second-order valence-corrected chi connectivity index (χ2v) is 6.83. The van der Waals surface area contributed by atoms with Gasteiger partial charge in [0.25, 0.3) is 0 Å². The van der Waals surface area contributed by atoms with Crippen molar-refractivity contribution in [1.82, 2.24) is 20.1 Å². The van der Waals surface area contributed by atoms with Crippen LogP contribution in [0.4, 0.5) is 0 Å². The molecular formula is C20H24N4O3. The molecule has 3 rings (SSSR count). The van der Waals surface area contributed by atoms with Crippen molar-refractivity contribution < 1.29 is 14.7 Å². The van der Waals surface area contributed by atoms with Gasteiger partial charge in [0.05, 0.1) is 5.69 Å². The van der Waals surface area contributed by atoms with Crippen LogP contribution < -0.4 is 5.32 Å². The maximum Gasteiger partial charge on any atom is 0.303 e. The Morgan fingerprint density at radius 3 is 2.78 bits per heavy atom. The summed E-state index contributed by atoms with van der Waals surface area (Å²) in [6, 6.07) is 5.70. The van der Waals surface area contributed by atoms with Gasteiger partial charge in [0.1, 0.15) is 0 Å². The molecular weight excluding hydrogens is 344 g/mol. The normalized spacial score (nSPS) is 18.6. The molecule has 1 amide bonds. The number of allylic oxidation sites excluding steroid dienone is 1. The number of aliphatic carboxylic acids is 1. The molecule has 0 unspecified atom stereocenters. The topological polar surface area (TPSA) is 97.1 Å². The van der Waals surface area contributed by atoms with Crippen LogP contribution in [-0.4, -0.2) is 37.8 Å². The van der Waals surface area contributed by atoms with Gasteiger partial charge in [0.15, 0.2) is 5.82 Å². The fourth-order valence-corrected chi connectivity index (χ4v) is 3.59. The van der Waals surface area contributed by atoms with Gasteiger partial charge in [-0.1, -0.05) is 18.2 Å². The Morgan fingerprint density at radius 1 is 1.26 bits per heavy atom. The zero-order valence-corrected chi connectivity index (χ0v) is 15.6. The highest BCUT2D eigenvalue weighted by Gasteiger charge is 2.27. The van der Waals surface area contributed by atoms with Gasteiger partial charge in [-0.15, -0.1) is 0 Å². The van der Waals surface area contributed by atoms with E-state index in [-0.39, 0.29) is 30.7 Å². The number of nitrogens with one attached hydrogen (secondary N) is 1. The SMILES string of the molecule is Cc1nn(-c2ccccn2)c(C)c1[C@@H]1C=C[C@@H](NC(=O)CCCC(=O)O)C1. The maximum absolute atomic E-state index is 12.0. The zero-order chi connectivity index (χ0) is 19.4. The van der Waals surface area contributed by atoms with Gasteiger partial charge >= 0.3 is 5.97 Å². The molecule has 142 valence electrons. The highest BCUT2D eigenvalue weighted by Crippen LogP contribution is 2.33. The molecule has 0 saturated heterocycles. The third-order valence-corrected chi connectivity index (χ3v) is 4.81. The molecule has 0 spiro atoms. The van der Waals surface area contributed by atoms with E-state index in [1.54, 1.807) is 6.20 Å². The molecule has 2 aromatic heterocycles. The van der Waals surface area contributed by atoms with Crippen molar-refractivity contribution in [2.24, 2.45) is 0 Å². The first kappa shape index (κ1) is 18.8. The van der Waals surface area contributed by atoms with E-state index in [4.69, 9.17) is 5.11 Å². The number of aromatic nitrogens is 3. The highest BCUT2D eigenvalue weighted by atomic mass is 16.4. The summed E-state index contributed by atoms with van der Waals surface area (Å²) in [5.74, 6) is -0.00920. The predicted molar refractivity (Wildman–Crippen MR) is 101 cm³/mol. The Labute approximate surface area is 158 Å². The van der Waals surface area contributed by atoms with Gasteiger partial charge in [0.2, 0.25) is 5.91 Å². The molecule has 0 bridgehead atoms. The minimum absolute atomic E-state index is 0.0155. The summed E-state index contributed by atoms with van der Waals surface area (Å²) >= 11 is 0. The first-order chi connectivity index (χ1) is 13.0. The first-order valence-corrected chi connectivity index (χ1v) is 9.12. The largest absolute Gasteiger partial charge is 0.481 e. The number of aryl methyl sites for hydroxylation is 1. The lowest BCUT2D eigenvalue weighted by molar-refractivity contribution is -0.137. The maximum atomic E-state index is 12.0. The van der Waals surface area contributed by atoms with E-state index in [1.807, 2.05) is 42.8 Å². The summed E-state index contributed by atoms with van der Waals surface area (Å²) in [6.45, 7) is 4.03. The number of hydrogen-bond donors (Lipinski definition) is 2. The zero-order valence-electron chi connectivity index (χ0n) is 15.6. The van der Waals surface area contributed by atoms with Crippen molar-refractivity contribution >= 4 is 11.9 Å². The smallest absolute Gasteiger partial charge is 0.303 e. The van der Waals surface area contributed by atoms with Crippen molar-refractivity contribution in [2.75, 3.05) is 0 Å². The molecule has 7 nitrogen and oxygen atoms in total. The van der Waals surface area contributed by atoms with Crippen LogP contribution in [-0.2, 0) is 9.59 Å². The van der Waals surface area contributed by atoms with Gasteiger partial charge in [-0.05, 0) is 38.8 Å². The van der Waals surface area contributed by atoms with Crippen LogP contribution in [0.15, 0.2) is 36.5 Å². The summed E-state index contributed by atoms with van der Waals surface area (Å²) in [5, 5.41) is 16.3. The molecule has 0 aromatic carbocycles. The molecule has 2 aromatic rings. The number of hydrogen-bond acceptors (Lipinski definition) is 4. The number of carboxylic acid groups (broad SMARTS) is 1. The van der Waals surface area contributed by atoms with Crippen LogP contribution in [0, 0.1) is 13.8 Å². The van der Waals surface area contributed by atoms with Gasteiger partial charge in [0, 0.05) is 42.3 Å². The number of rotatable bonds is 7. The van der Waals surface area contributed by atoms with E-state index in [0.29, 0.717) is 6.42 Å². The Kier molecular flexibility index (Phi) is 5.69. The molecule has 7 heteroatoms. The first-order valence-electron chi connectivity index (χ1n) is 9.12. The number of amides is 1. The molecule has 0 radical (unpaired) electrons. The second kappa shape index (κ2) is 8.16. The summed E-state index contributed by atoms with van der Waals surface area (Å²) < 4.78 is 1.86. The van der Waals surface area contributed by atoms with Gasteiger partial charge in [-0.3, -0.25) is 9.59 Å². The summed E-state index contributed by atoms with van der Waals surface area (Å²) in [5.41, 5.74) is 3.18. The molecule has 27 heavy (non-hydrogen) atoms. The average molecular weight is 368 g/mol. The molecule has 2 heterocycles. The fraction of sp³-hybridized carbons (Fsp3) is 0.400. The molecule has 2 N–H and O–H groups in total. The molecule has 1 aliphatic carbocycles. The number of carbonyl (C=O) groups excluding carboxylic acids is 1. The number of nitrogens with zero attached hydrogens (tertiary/aromatic N) is 3. The Morgan fingerprint density at radius 2 is 2.07 bits per heavy atom. The summed E-state index contributed by atoms with van der Waals surface area (Å²) in [7, 11) is 0. The number of pyridine rings is 1. The molecule has 0 saturated carbocycles. The van der Waals surface area contributed by atoms with Gasteiger partial charge in [-0.25, -0.2) is 9.67 Å². The van der Waals surface area contributed by atoms with Crippen LogP contribution >= 0.6 is 0 Å². The van der Waals surface area contributed by atoms with Crippen LogP contribution in [0.5, 0.6) is 0 Å². The van der Waals surface area contributed by atoms with Crippen LogP contribution in [0.2, 0.25) is 0 Å².